The number of nitrogens with zero attached hydrogens (tertiary/aromatic N) is 4. The summed E-state index contributed by atoms with van der Waals surface area (Å²) in [7, 11) is 1.54. The van der Waals surface area contributed by atoms with Gasteiger partial charge in [-0.3, -0.25) is 9.69 Å². The van der Waals surface area contributed by atoms with Crippen molar-refractivity contribution in [3.63, 3.8) is 0 Å². The lowest BCUT2D eigenvalue weighted by Crippen LogP contribution is -2.42. The van der Waals surface area contributed by atoms with Crippen molar-refractivity contribution in [2.45, 2.75) is 25.2 Å². The molecule has 0 aliphatic carbocycles. The smallest absolute Gasteiger partial charge is 0.390 e. The second kappa shape index (κ2) is 8.32. The van der Waals surface area contributed by atoms with Crippen molar-refractivity contribution in [3.05, 3.63) is 71.2 Å². The summed E-state index contributed by atoms with van der Waals surface area (Å²) in [5.74, 6) is -0.458. The average Bonchev–Trinajstić information content (AvgIpc) is 3.15. The van der Waals surface area contributed by atoms with Gasteiger partial charge in [0.05, 0.1) is 11.7 Å². The average molecular weight is 432 g/mol. The summed E-state index contributed by atoms with van der Waals surface area (Å²) < 4.78 is 39.8. The summed E-state index contributed by atoms with van der Waals surface area (Å²) >= 11 is 0. The summed E-state index contributed by atoms with van der Waals surface area (Å²) in [5.41, 5.74) is 2.02. The van der Waals surface area contributed by atoms with Gasteiger partial charge in [0.1, 0.15) is 11.3 Å². The summed E-state index contributed by atoms with van der Waals surface area (Å²) in [5, 5.41) is 10.5. The molecule has 1 amide bonds. The van der Waals surface area contributed by atoms with Crippen molar-refractivity contribution in [2.75, 3.05) is 26.7 Å². The Morgan fingerprint density at radius 3 is 2.68 bits per heavy atom. The normalized spacial score (nSPS) is 15.6. The van der Waals surface area contributed by atoms with Gasteiger partial charge >= 0.3 is 6.18 Å². The molecule has 0 saturated carbocycles. The number of hydrogen-bond acceptors (Lipinski definition) is 4. The van der Waals surface area contributed by atoms with E-state index in [-0.39, 0.29) is 17.9 Å². The van der Waals surface area contributed by atoms with Gasteiger partial charge in [-0.2, -0.15) is 13.2 Å². The van der Waals surface area contributed by atoms with Crippen LogP contribution in [0.25, 0.3) is 5.65 Å². The van der Waals surface area contributed by atoms with E-state index in [1.54, 1.807) is 7.05 Å². The lowest BCUT2D eigenvalue weighted by atomic mass is 10.00. The van der Waals surface area contributed by atoms with Crippen molar-refractivity contribution >= 4 is 11.6 Å². The number of benzene rings is 1. The number of likely N-dealkylation sites (N-methyl/N-ethyl adjacent to an activating group) is 1. The number of halogens is 3. The predicted molar refractivity (Wildman–Crippen MR) is 109 cm³/mol. The van der Waals surface area contributed by atoms with Gasteiger partial charge in [-0.05, 0) is 29.7 Å². The summed E-state index contributed by atoms with van der Waals surface area (Å²) in [4.78, 5) is 20.3. The van der Waals surface area contributed by atoms with Gasteiger partial charge in [0, 0.05) is 45.6 Å². The van der Waals surface area contributed by atoms with E-state index in [4.69, 9.17) is 0 Å². The van der Waals surface area contributed by atoms with Crippen molar-refractivity contribution in [1.82, 2.24) is 19.2 Å². The number of imidazole rings is 1. The molecule has 6 nitrogen and oxygen atoms in total. The van der Waals surface area contributed by atoms with Crippen molar-refractivity contribution < 1.29 is 23.1 Å². The molecule has 3 heterocycles. The van der Waals surface area contributed by atoms with E-state index in [1.807, 2.05) is 12.1 Å². The maximum absolute atomic E-state index is 12.9. The standard InChI is InChI=1S/C22H23F3N4O2/c1-27(12-18(30)13-28-9-8-15-4-2-3-5-16(15)10-28)21(31)19-14-29-11-17(22(23,24)25)6-7-20(29)26-19/h2-7,11,14,18,30H,8-10,12-13H2,1H3. The molecule has 0 spiro atoms. The molecule has 2 aromatic heterocycles. The number of fused-ring (bicyclic) bond motifs is 2. The number of aliphatic hydroxyl groups is 1. The van der Waals surface area contributed by atoms with Gasteiger partial charge in [0.2, 0.25) is 0 Å². The Morgan fingerprint density at radius 2 is 1.94 bits per heavy atom. The molecular formula is C22H23F3N4O2. The Bertz CT molecular complexity index is 1100. The first-order valence-corrected chi connectivity index (χ1v) is 9.99. The molecule has 1 N–H and O–H groups in total. The first-order chi connectivity index (χ1) is 14.7. The van der Waals surface area contributed by atoms with Crippen LogP contribution in [0.5, 0.6) is 0 Å². The number of carbonyl (C=O) groups excluding carboxylic acids is 1. The minimum Gasteiger partial charge on any atom is -0.390 e. The van der Waals surface area contributed by atoms with E-state index < -0.39 is 23.8 Å². The molecule has 164 valence electrons. The second-order valence-electron chi connectivity index (χ2n) is 7.90. The fourth-order valence-electron chi connectivity index (χ4n) is 3.92. The Labute approximate surface area is 177 Å². The Hall–Kier alpha value is -2.91. The largest absolute Gasteiger partial charge is 0.417 e. The summed E-state index contributed by atoms with van der Waals surface area (Å²) in [6, 6.07) is 10.4. The molecule has 0 radical (unpaired) electrons. The van der Waals surface area contributed by atoms with Gasteiger partial charge < -0.3 is 14.4 Å². The number of rotatable bonds is 5. The molecule has 1 aromatic carbocycles. The first-order valence-electron chi connectivity index (χ1n) is 9.99. The van der Waals surface area contributed by atoms with Crippen molar-refractivity contribution in [3.8, 4) is 0 Å². The number of aromatic nitrogens is 2. The van der Waals surface area contributed by atoms with Crippen LogP contribution in [0.3, 0.4) is 0 Å². The second-order valence-corrected chi connectivity index (χ2v) is 7.90. The van der Waals surface area contributed by atoms with Gasteiger partial charge in [-0.1, -0.05) is 24.3 Å². The van der Waals surface area contributed by atoms with E-state index >= 15 is 0 Å². The summed E-state index contributed by atoms with van der Waals surface area (Å²) in [6.07, 6.45) is -2.13. The van der Waals surface area contributed by atoms with Gasteiger partial charge in [-0.25, -0.2) is 4.98 Å². The SMILES string of the molecule is CN(CC(O)CN1CCc2ccccc2C1)C(=O)c1cn2cc(C(F)(F)F)ccc2n1. The lowest BCUT2D eigenvalue weighted by molar-refractivity contribution is -0.137. The van der Waals surface area contributed by atoms with Gasteiger partial charge in [0.25, 0.3) is 5.91 Å². The van der Waals surface area contributed by atoms with E-state index in [1.165, 1.54) is 32.7 Å². The Kier molecular flexibility index (Phi) is 5.72. The molecule has 1 unspecified atom stereocenters. The van der Waals surface area contributed by atoms with Crippen LogP contribution in [0.1, 0.15) is 27.2 Å². The molecule has 1 aliphatic rings. The number of aliphatic hydroxyl groups excluding tert-OH is 1. The van der Waals surface area contributed by atoms with Crippen LogP contribution in [-0.2, 0) is 19.1 Å². The summed E-state index contributed by atoms with van der Waals surface area (Å²) in [6.45, 7) is 2.10. The maximum atomic E-state index is 12.9. The van der Waals surface area contributed by atoms with E-state index in [2.05, 4.69) is 22.0 Å². The van der Waals surface area contributed by atoms with Gasteiger partial charge in [-0.15, -0.1) is 0 Å². The van der Waals surface area contributed by atoms with Crippen LogP contribution in [-0.4, -0.2) is 63.0 Å². The van der Waals surface area contributed by atoms with Gasteiger partial charge in [0.15, 0.2) is 0 Å². The number of hydrogen-bond donors (Lipinski definition) is 1. The Balaban J connectivity index is 1.38. The number of pyridine rings is 1. The predicted octanol–water partition coefficient (Wildman–Crippen LogP) is 2.84. The zero-order valence-corrected chi connectivity index (χ0v) is 17.0. The molecule has 0 bridgehead atoms. The van der Waals surface area contributed by atoms with Crippen LogP contribution >= 0.6 is 0 Å². The van der Waals surface area contributed by atoms with Crippen LogP contribution < -0.4 is 0 Å². The number of β-amino-alcohol motifs (C(OH)–C–C–N with tert-alkyl or cyclic N) is 1. The third kappa shape index (κ3) is 4.72. The van der Waals surface area contributed by atoms with Crippen molar-refractivity contribution in [2.24, 2.45) is 0 Å². The number of amides is 1. The third-order valence-corrected chi connectivity index (χ3v) is 5.51. The minimum absolute atomic E-state index is 0.0286. The highest BCUT2D eigenvalue weighted by Crippen LogP contribution is 2.29. The van der Waals surface area contributed by atoms with Crippen LogP contribution in [0.4, 0.5) is 13.2 Å². The molecule has 3 aromatic rings. The van der Waals surface area contributed by atoms with Crippen LogP contribution in [0.15, 0.2) is 48.8 Å². The topological polar surface area (TPSA) is 61.1 Å². The molecule has 1 aliphatic heterocycles. The monoisotopic (exact) mass is 432 g/mol. The van der Waals surface area contributed by atoms with E-state index in [9.17, 15) is 23.1 Å². The number of carbonyl (C=O) groups is 1. The molecule has 0 saturated heterocycles. The van der Waals surface area contributed by atoms with E-state index in [0.717, 1.165) is 31.8 Å². The van der Waals surface area contributed by atoms with Crippen LogP contribution in [0.2, 0.25) is 0 Å². The zero-order chi connectivity index (χ0) is 22.2. The quantitative estimate of drug-likeness (QED) is 0.674. The fourth-order valence-corrected chi connectivity index (χ4v) is 3.92. The highest BCUT2D eigenvalue weighted by atomic mass is 19.4. The fraction of sp³-hybridized carbons (Fsp3) is 0.364. The molecular weight excluding hydrogens is 409 g/mol. The molecule has 4 rings (SSSR count). The Morgan fingerprint density at radius 1 is 1.19 bits per heavy atom. The molecule has 0 fully saturated rings. The zero-order valence-electron chi connectivity index (χ0n) is 17.0. The van der Waals surface area contributed by atoms with E-state index in [0.29, 0.717) is 6.54 Å². The molecule has 31 heavy (non-hydrogen) atoms. The minimum atomic E-state index is -4.47. The lowest BCUT2D eigenvalue weighted by Gasteiger charge is -2.31. The molecule has 9 heteroatoms. The van der Waals surface area contributed by atoms with Crippen molar-refractivity contribution in [1.29, 1.82) is 0 Å². The third-order valence-electron chi connectivity index (χ3n) is 5.51. The maximum Gasteiger partial charge on any atom is 0.417 e. The highest BCUT2D eigenvalue weighted by molar-refractivity contribution is 5.92. The first kappa shape index (κ1) is 21.3. The number of alkyl halides is 3. The van der Waals surface area contributed by atoms with Crippen LogP contribution in [0, 0.1) is 0 Å². The highest BCUT2D eigenvalue weighted by Gasteiger charge is 2.31. The molecule has 1 atom stereocenters.